The molecular weight excluding hydrogens is 240 g/mol. The first-order chi connectivity index (χ1) is 9.08. The molecule has 5 nitrogen and oxygen atoms in total. The monoisotopic (exact) mass is 264 g/mol. The van der Waals surface area contributed by atoms with E-state index in [4.69, 9.17) is 0 Å². The van der Waals surface area contributed by atoms with Gasteiger partial charge in [0, 0.05) is 18.3 Å². The molecule has 0 atom stereocenters. The fourth-order valence-corrected chi connectivity index (χ4v) is 2.55. The molecule has 1 aliphatic heterocycles. The predicted octanol–water partition coefficient (Wildman–Crippen LogP) is 1.57. The Labute approximate surface area is 114 Å². The summed E-state index contributed by atoms with van der Waals surface area (Å²) in [7, 11) is 0. The van der Waals surface area contributed by atoms with Gasteiger partial charge in [-0.1, -0.05) is 0 Å². The van der Waals surface area contributed by atoms with E-state index in [2.05, 4.69) is 29.4 Å². The molecule has 0 spiro atoms. The van der Waals surface area contributed by atoms with Gasteiger partial charge in [0.25, 0.3) is 5.91 Å². The lowest BCUT2D eigenvalue weighted by Gasteiger charge is -2.32. The number of hydrogen-bond acceptors (Lipinski definition) is 3. The Hall–Kier alpha value is -1.36. The Morgan fingerprint density at radius 2 is 2.16 bits per heavy atom. The van der Waals surface area contributed by atoms with Crippen molar-refractivity contribution in [2.75, 3.05) is 19.6 Å². The average Bonchev–Trinajstić information content (AvgIpc) is 2.83. The van der Waals surface area contributed by atoms with Crippen LogP contribution in [0, 0.1) is 12.8 Å². The lowest BCUT2D eigenvalue weighted by Crippen LogP contribution is -2.43. The van der Waals surface area contributed by atoms with E-state index in [0.29, 0.717) is 11.6 Å². The zero-order valence-corrected chi connectivity index (χ0v) is 12.1. The first-order valence-corrected chi connectivity index (χ1v) is 7.11. The second kappa shape index (κ2) is 6.19. The first kappa shape index (κ1) is 14.1. The van der Waals surface area contributed by atoms with Crippen LogP contribution in [0.1, 0.15) is 42.9 Å². The van der Waals surface area contributed by atoms with E-state index in [0.717, 1.165) is 38.2 Å². The molecule has 0 saturated carbocycles. The van der Waals surface area contributed by atoms with Crippen LogP contribution in [0.2, 0.25) is 0 Å². The van der Waals surface area contributed by atoms with Crippen molar-refractivity contribution < 1.29 is 4.79 Å². The Balaban J connectivity index is 2.04. The number of aryl methyl sites for hydroxylation is 1. The summed E-state index contributed by atoms with van der Waals surface area (Å²) < 4.78 is 0. The summed E-state index contributed by atoms with van der Waals surface area (Å²) in [4.78, 5) is 14.5. The summed E-state index contributed by atoms with van der Waals surface area (Å²) in [5.41, 5.74) is 1.45. The minimum absolute atomic E-state index is 0.0397. The van der Waals surface area contributed by atoms with Crippen LogP contribution >= 0.6 is 0 Å². The molecule has 1 fully saturated rings. The van der Waals surface area contributed by atoms with E-state index in [1.165, 1.54) is 0 Å². The Morgan fingerprint density at radius 1 is 1.47 bits per heavy atom. The van der Waals surface area contributed by atoms with Gasteiger partial charge in [0.05, 0.1) is 0 Å². The molecule has 106 valence electrons. The van der Waals surface area contributed by atoms with Crippen LogP contribution in [0.15, 0.2) is 6.07 Å². The van der Waals surface area contributed by atoms with Crippen LogP contribution in [0.4, 0.5) is 0 Å². The molecule has 0 unspecified atom stereocenters. The van der Waals surface area contributed by atoms with Crippen LogP contribution in [-0.4, -0.2) is 46.7 Å². The molecule has 1 saturated heterocycles. The van der Waals surface area contributed by atoms with Crippen molar-refractivity contribution in [2.24, 2.45) is 5.92 Å². The standard InChI is InChI=1S/C14H24N4O/c1-10(2)18(9-12-4-6-15-7-5-12)14(19)13-8-11(3)16-17-13/h8,10,12,15H,4-7,9H2,1-3H3,(H,16,17). The number of aromatic nitrogens is 2. The van der Waals surface area contributed by atoms with Crippen molar-refractivity contribution in [1.29, 1.82) is 0 Å². The molecule has 0 aliphatic carbocycles. The smallest absolute Gasteiger partial charge is 0.274 e. The van der Waals surface area contributed by atoms with Gasteiger partial charge in [-0.15, -0.1) is 0 Å². The molecule has 5 heteroatoms. The van der Waals surface area contributed by atoms with Gasteiger partial charge in [-0.2, -0.15) is 5.10 Å². The molecular formula is C14H24N4O. The maximum atomic E-state index is 12.5. The van der Waals surface area contributed by atoms with Crippen molar-refractivity contribution in [1.82, 2.24) is 20.4 Å². The lowest BCUT2D eigenvalue weighted by atomic mass is 9.97. The zero-order valence-electron chi connectivity index (χ0n) is 12.1. The Morgan fingerprint density at radius 3 is 2.68 bits per heavy atom. The second-order valence-electron chi connectivity index (χ2n) is 5.68. The van der Waals surface area contributed by atoms with Gasteiger partial charge < -0.3 is 10.2 Å². The van der Waals surface area contributed by atoms with Gasteiger partial charge in [-0.3, -0.25) is 9.89 Å². The summed E-state index contributed by atoms with van der Waals surface area (Å²) in [6.07, 6.45) is 2.30. The van der Waals surface area contributed by atoms with Crippen LogP contribution in [0.25, 0.3) is 0 Å². The first-order valence-electron chi connectivity index (χ1n) is 7.11. The number of aromatic amines is 1. The lowest BCUT2D eigenvalue weighted by molar-refractivity contribution is 0.0652. The normalized spacial score (nSPS) is 16.8. The van der Waals surface area contributed by atoms with Gasteiger partial charge >= 0.3 is 0 Å². The molecule has 1 amide bonds. The van der Waals surface area contributed by atoms with Gasteiger partial charge in [0.1, 0.15) is 5.69 Å². The molecule has 0 aromatic carbocycles. The summed E-state index contributed by atoms with van der Waals surface area (Å²) in [5.74, 6) is 0.644. The number of piperidine rings is 1. The highest BCUT2D eigenvalue weighted by Crippen LogP contribution is 2.17. The van der Waals surface area contributed by atoms with E-state index < -0.39 is 0 Å². The number of nitrogens with zero attached hydrogens (tertiary/aromatic N) is 2. The fourth-order valence-electron chi connectivity index (χ4n) is 2.55. The van der Waals surface area contributed by atoms with Crippen molar-refractivity contribution in [3.8, 4) is 0 Å². The van der Waals surface area contributed by atoms with E-state index in [-0.39, 0.29) is 11.9 Å². The highest BCUT2D eigenvalue weighted by molar-refractivity contribution is 5.92. The zero-order chi connectivity index (χ0) is 13.8. The van der Waals surface area contributed by atoms with Gasteiger partial charge in [0.2, 0.25) is 0 Å². The number of H-pyrrole nitrogens is 1. The number of carbonyl (C=O) groups excluding carboxylic acids is 1. The molecule has 2 N–H and O–H groups in total. The average molecular weight is 264 g/mol. The van der Waals surface area contributed by atoms with Crippen molar-refractivity contribution in [3.63, 3.8) is 0 Å². The highest BCUT2D eigenvalue weighted by atomic mass is 16.2. The third-order valence-corrected chi connectivity index (χ3v) is 3.72. The van der Waals surface area contributed by atoms with Gasteiger partial charge in [0.15, 0.2) is 0 Å². The quantitative estimate of drug-likeness (QED) is 0.867. The maximum Gasteiger partial charge on any atom is 0.274 e. The molecule has 2 rings (SSSR count). The molecule has 0 radical (unpaired) electrons. The number of amides is 1. The number of carbonyl (C=O) groups is 1. The third kappa shape index (κ3) is 3.56. The number of rotatable bonds is 4. The van der Waals surface area contributed by atoms with E-state index in [9.17, 15) is 4.79 Å². The fraction of sp³-hybridized carbons (Fsp3) is 0.714. The Bertz CT molecular complexity index is 421. The second-order valence-corrected chi connectivity index (χ2v) is 5.68. The van der Waals surface area contributed by atoms with Crippen molar-refractivity contribution in [3.05, 3.63) is 17.5 Å². The van der Waals surface area contributed by atoms with Crippen LogP contribution in [0.5, 0.6) is 0 Å². The summed E-state index contributed by atoms with van der Waals surface area (Å²) >= 11 is 0. The molecule has 1 aromatic heterocycles. The van der Waals surface area contributed by atoms with E-state index in [1.54, 1.807) is 0 Å². The van der Waals surface area contributed by atoms with E-state index >= 15 is 0 Å². The molecule has 1 aromatic rings. The van der Waals surface area contributed by atoms with Crippen LogP contribution in [0.3, 0.4) is 0 Å². The Kier molecular flexibility index (Phi) is 4.58. The number of nitrogens with one attached hydrogen (secondary N) is 2. The summed E-state index contributed by atoms with van der Waals surface area (Å²) in [6.45, 7) is 9.01. The topological polar surface area (TPSA) is 61.0 Å². The molecule has 1 aliphatic rings. The van der Waals surface area contributed by atoms with Crippen molar-refractivity contribution >= 4 is 5.91 Å². The minimum atomic E-state index is 0.0397. The number of hydrogen-bond donors (Lipinski definition) is 2. The van der Waals surface area contributed by atoms with Crippen LogP contribution in [-0.2, 0) is 0 Å². The largest absolute Gasteiger partial charge is 0.335 e. The van der Waals surface area contributed by atoms with Gasteiger partial charge in [-0.25, -0.2) is 0 Å². The summed E-state index contributed by atoms with van der Waals surface area (Å²) in [5, 5.41) is 10.3. The van der Waals surface area contributed by atoms with Crippen LogP contribution < -0.4 is 5.32 Å². The molecule has 19 heavy (non-hydrogen) atoms. The third-order valence-electron chi connectivity index (χ3n) is 3.72. The SMILES string of the molecule is Cc1cc(C(=O)N(CC2CCNCC2)C(C)C)n[nH]1. The molecule has 2 heterocycles. The van der Waals surface area contributed by atoms with Gasteiger partial charge in [-0.05, 0) is 58.7 Å². The summed E-state index contributed by atoms with van der Waals surface area (Å²) in [6, 6.07) is 2.03. The maximum absolute atomic E-state index is 12.5. The minimum Gasteiger partial charge on any atom is -0.335 e. The molecule has 0 bridgehead atoms. The highest BCUT2D eigenvalue weighted by Gasteiger charge is 2.25. The van der Waals surface area contributed by atoms with Crippen molar-refractivity contribution in [2.45, 2.75) is 39.7 Å². The predicted molar refractivity (Wildman–Crippen MR) is 75.1 cm³/mol. The van der Waals surface area contributed by atoms with E-state index in [1.807, 2.05) is 17.9 Å².